The molecule has 21 heavy (non-hydrogen) atoms. The topological polar surface area (TPSA) is 41.5 Å². The zero-order valence-corrected chi connectivity index (χ0v) is 13.5. The molecule has 1 saturated carbocycles. The van der Waals surface area contributed by atoms with E-state index in [0.29, 0.717) is 0 Å². The summed E-state index contributed by atoms with van der Waals surface area (Å²) in [6, 6.07) is 10.2. The third kappa shape index (κ3) is 5.92. The fourth-order valence-corrected chi connectivity index (χ4v) is 3.18. The number of hydrazone groups is 1. The van der Waals surface area contributed by atoms with Gasteiger partial charge in [-0.05, 0) is 38.2 Å². The van der Waals surface area contributed by atoms with Crippen LogP contribution >= 0.6 is 11.8 Å². The minimum absolute atomic E-state index is 0.00711. The van der Waals surface area contributed by atoms with Crippen LogP contribution in [0.1, 0.15) is 51.0 Å². The highest BCUT2D eigenvalue weighted by Gasteiger charge is 2.13. The van der Waals surface area contributed by atoms with Gasteiger partial charge in [-0.15, -0.1) is 11.8 Å². The Bertz CT molecular complexity index is 463. The van der Waals surface area contributed by atoms with Crippen molar-refractivity contribution in [3.63, 3.8) is 0 Å². The van der Waals surface area contributed by atoms with Gasteiger partial charge in [0, 0.05) is 11.5 Å². The molecular formula is C17H24N2OS. The molecule has 0 spiro atoms. The van der Waals surface area contributed by atoms with Gasteiger partial charge < -0.3 is 0 Å². The number of nitrogens with one attached hydrogen (secondary N) is 1. The average Bonchev–Trinajstić information content (AvgIpc) is 2.80. The van der Waals surface area contributed by atoms with Gasteiger partial charge in [0.2, 0.25) is 0 Å². The second-order valence-electron chi connectivity index (χ2n) is 5.51. The van der Waals surface area contributed by atoms with Crippen LogP contribution in [0.2, 0.25) is 0 Å². The molecule has 114 valence electrons. The van der Waals surface area contributed by atoms with E-state index in [9.17, 15) is 4.79 Å². The van der Waals surface area contributed by atoms with Gasteiger partial charge in [-0.1, -0.05) is 43.2 Å². The van der Waals surface area contributed by atoms with Crippen molar-refractivity contribution in [1.82, 2.24) is 5.43 Å². The Kier molecular flexibility index (Phi) is 6.80. The number of amides is 1. The summed E-state index contributed by atoms with van der Waals surface area (Å²) in [6.45, 7) is 1.94. The minimum atomic E-state index is -0.0830. The fourth-order valence-electron chi connectivity index (χ4n) is 2.34. The van der Waals surface area contributed by atoms with Gasteiger partial charge in [0.05, 0.1) is 5.25 Å². The third-order valence-electron chi connectivity index (χ3n) is 3.72. The van der Waals surface area contributed by atoms with Gasteiger partial charge in [0.1, 0.15) is 0 Å². The molecule has 3 nitrogen and oxygen atoms in total. The number of carbonyl (C=O) groups excluding carboxylic acids is 1. The summed E-state index contributed by atoms with van der Waals surface area (Å²) in [5, 5.41) is 4.24. The van der Waals surface area contributed by atoms with Crippen LogP contribution in [0.4, 0.5) is 0 Å². The predicted molar refractivity (Wildman–Crippen MR) is 90.5 cm³/mol. The van der Waals surface area contributed by atoms with Crippen molar-refractivity contribution in [1.29, 1.82) is 0 Å². The second-order valence-corrected chi connectivity index (χ2v) is 6.84. The molecule has 0 aromatic heterocycles. The van der Waals surface area contributed by atoms with Crippen molar-refractivity contribution in [2.45, 2.75) is 56.5 Å². The van der Waals surface area contributed by atoms with Gasteiger partial charge in [-0.2, -0.15) is 5.10 Å². The molecule has 1 fully saturated rings. The zero-order chi connectivity index (χ0) is 14.9. The monoisotopic (exact) mass is 304 g/mol. The molecule has 1 N–H and O–H groups in total. The number of hydrogen-bond acceptors (Lipinski definition) is 3. The maximum Gasteiger partial charge on any atom is 0.252 e. The molecule has 0 radical (unpaired) electrons. The molecule has 0 aliphatic heterocycles. The molecule has 0 heterocycles. The number of thioether (sulfide) groups is 1. The molecule has 0 bridgehead atoms. The van der Waals surface area contributed by atoms with Crippen LogP contribution in [0.5, 0.6) is 0 Å². The standard InChI is InChI=1S/C17H24N2OS/c1-14(21-13-15-9-5-4-6-10-15)17(20)19-18-16-11-7-2-3-8-12-16/h4-6,9-10,14H,2-3,7-8,11-13H2,1H3,(H,19,20)/t14-/m0/s1. The van der Waals surface area contributed by atoms with E-state index in [4.69, 9.17) is 0 Å². The van der Waals surface area contributed by atoms with Crippen LogP contribution < -0.4 is 5.43 Å². The van der Waals surface area contributed by atoms with E-state index in [0.717, 1.165) is 24.3 Å². The molecule has 1 aliphatic rings. The molecule has 1 aliphatic carbocycles. The molecule has 1 aromatic rings. The molecule has 1 aromatic carbocycles. The molecular weight excluding hydrogens is 280 g/mol. The average molecular weight is 304 g/mol. The summed E-state index contributed by atoms with van der Waals surface area (Å²) in [5.41, 5.74) is 5.15. The first-order valence-corrected chi connectivity index (χ1v) is 8.81. The minimum Gasteiger partial charge on any atom is -0.272 e. The SMILES string of the molecule is C[C@H](SCc1ccccc1)C(=O)NN=C1CCCCCC1. The Morgan fingerprint density at radius 3 is 2.52 bits per heavy atom. The third-order valence-corrected chi connectivity index (χ3v) is 4.93. The van der Waals surface area contributed by atoms with Crippen LogP contribution in [-0.4, -0.2) is 16.9 Å². The highest BCUT2D eigenvalue weighted by Crippen LogP contribution is 2.18. The summed E-state index contributed by atoms with van der Waals surface area (Å²) in [7, 11) is 0. The van der Waals surface area contributed by atoms with Crippen LogP contribution in [0, 0.1) is 0 Å². The van der Waals surface area contributed by atoms with E-state index in [1.807, 2.05) is 25.1 Å². The maximum absolute atomic E-state index is 12.1. The van der Waals surface area contributed by atoms with Crippen LogP contribution in [0.15, 0.2) is 35.4 Å². The van der Waals surface area contributed by atoms with Crippen molar-refractivity contribution in [2.24, 2.45) is 5.10 Å². The number of hydrogen-bond donors (Lipinski definition) is 1. The highest BCUT2D eigenvalue weighted by atomic mass is 32.2. The fraction of sp³-hybridized carbons (Fsp3) is 0.529. The summed E-state index contributed by atoms with van der Waals surface area (Å²) in [6.07, 6.45) is 7.05. The smallest absolute Gasteiger partial charge is 0.252 e. The van der Waals surface area contributed by atoms with E-state index in [1.54, 1.807) is 11.8 Å². The Labute approximate surface area is 131 Å². The second kappa shape index (κ2) is 8.88. The highest BCUT2D eigenvalue weighted by molar-refractivity contribution is 7.99. The van der Waals surface area contributed by atoms with E-state index in [2.05, 4.69) is 22.7 Å². The Morgan fingerprint density at radius 2 is 1.86 bits per heavy atom. The van der Waals surface area contributed by atoms with Gasteiger partial charge >= 0.3 is 0 Å². The van der Waals surface area contributed by atoms with Crippen molar-refractivity contribution in [3.8, 4) is 0 Å². The summed E-state index contributed by atoms with van der Waals surface area (Å²) >= 11 is 1.65. The molecule has 0 unspecified atom stereocenters. The normalized spacial score (nSPS) is 16.9. The van der Waals surface area contributed by atoms with Gasteiger partial charge in [-0.25, -0.2) is 5.43 Å². The molecule has 4 heteroatoms. The Hall–Kier alpha value is -1.29. The van der Waals surface area contributed by atoms with Crippen molar-refractivity contribution in [3.05, 3.63) is 35.9 Å². The first kappa shape index (κ1) is 16.1. The first-order chi connectivity index (χ1) is 10.3. The number of nitrogens with zero attached hydrogens (tertiary/aromatic N) is 1. The quantitative estimate of drug-likeness (QED) is 0.656. The lowest BCUT2D eigenvalue weighted by Crippen LogP contribution is -2.28. The summed E-state index contributed by atoms with van der Waals surface area (Å²) < 4.78 is 0. The van der Waals surface area contributed by atoms with Crippen LogP contribution in [0.3, 0.4) is 0 Å². The molecule has 0 saturated heterocycles. The molecule has 1 atom stereocenters. The van der Waals surface area contributed by atoms with Crippen molar-refractivity contribution < 1.29 is 4.79 Å². The summed E-state index contributed by atoms with van der Waals surface area (Å²) in [4.78, 5) is 12.1. The lowest BCUT2D eigenvalue weighted by molar-refractivity contribution is -0.120. The summed E-state index contributed by atoms with van der Waals surface area (Å²) in [5.74, 6) is 0.860. The van der Waals surface area contributed by atoms with Crippen LogP contribution in [0.25, 0.3) is 0 Å². The Morgan fingerprint density at radius 1 is 1.19 bits per heavy atom. The number of carbonyl (C=O) groups is 1. The number of benzene rings is 1. The Balaban J connectivity index is 1.75. The lowest BCUT2D eigenvalue weighted by atomic mass is 10.2. The van der Waals surface area contributed by atoms with Gasteiger partial charge in [-0.3, -0.25) is 4.79 Å². The van der Waals surface area contributed by atoms with Crippen molar-refractivity contribution >= 4 is 23.4 Å². The number of rotatable bonds is 5. The molecule has 1 amide bonds. The molecule has 2 rings (SSSR count). The maximum atomic E-state index is 12.1. The van der Waals surface area contributed by atoms with Crippen LogP contribution in [-0.2, 0) is 10.5 Å². The van der Waals surface area contributed by atoms with E-state index < -0.39 is 0 Å². The van der Waals surface area contributed by atoms with Crippen molar-refractivity contribution in [2.75, 3.05) is 0 Å². The van der Waals surface area contributed by atoms with E-state index in [-0.39, 0.29) is 11.2 Å². The van der Waals surface area contributed by atoms with E-state index in [1.165, 1.54) is 31.2 Å². The first-order valence-electron chi connectivity index (χ1n) is 7.76. The van der Waals surface area contributed by atoms with E-state index >= 15 is 0 Å². The van der Waals surface area contributed by atoms with Gasteiger partial charge in [0.15, 0.2) is 0 Å². The zero-order valence-electron chi connectivity index (χ0n) is 12.7. The van der Waals surface area contributed by atoms with Gasteiger partial charge in [0.25, 0.3) is 5.91 Å². The predicted octanol–water partition coefficient (Wildman–Crippen LogP) is 4.13. The lowest BCUT2D eigenvalue weighted by Gasteiger charge is -2.10. The largest absolute Gasteiger partial charge is 0.272 e.